The standard InChI is InChI=1S/C8H14N2O3.ClH/c1-6(11)10-3-2-7(5-10)9-4-8(12)13;/h7,9H,2-5H2,1H3,(H,12,13);1H. The van der Waals surface area contributed by atoms with Crippen molar-refractivity contribution < 1.29 is 14.7 Å². The molecule has 0 saturated carbocycles. The average molecular weight is 223 g/mol. The van der Waals surface area contributed by atoms with Crippen LogP contribution in [0.4, 0.5) is 0 Å². The molecule has 1 rings (SSSR count). The molecule has 0 radical (unpaired) electrons. The van der Waals surface area contributed by atoms with Crippen LogP contribution < -0.4 is 5.32 Å². The lowest BCUT2D eigenvalue weighted by Gasteiger charge is -2.13. The summed E-state index contributed by atoms with van der Waals surface area (Å²) in [5, 5.41) is 11.3. The van der Waals surface area contributed by atoms with Gasteiger partial charge in [-0.15, -0.1) is 12.4 Å². The molecular weight excluding hydrogens is 208 g/mol. The lowest BCUT2D eigenvalue weighted by Crippen LogP contribution is -2.36. The van der Waals surface area contributed by atoms with Crippen molar-refractivity contribution in [1.29, 1.82) is 0 Å². The molecule has 1 atom stereocenters. The lowest BCUT2D eigenvalue weighted by atomic mass is 10.2. The van der Waals surface area contributed by atoms with E-state index in [4.69, 9.17) is 5.11 Å². The molecule has 0 aromatic rings. The minimum absolute atomic E-state index is 0. The van der Waals surface area contributed by atoms with Crippen LogP contribution in [0.25, 0.3) is 0 Å². The van der Waals surface area contributed by atoms with Crippen LogP contribution in [0, 0.1) is 0 Å². The summed E-state index contributed by atoms with van der Waals surface area (Å²) in [6, 6.07) is 0.139. The van der Waals surface area contributed by atoms with Gasteiger partial charge in [-0.2, -0.15) is 0 Å². The maximum absolute atomic E-state index is 10.9. The molecule has 1 aliphatic rings. The van der Waals surface area contributed by atoms with Gasteiger partial charge in [0, 0.05) is 26.1 Å². The van der Waals surface area contributed by atoms with Gasteiger partial charge in [0.2, 0.25) is 5.91 Å². The number of nitrogens with zero attached hydrogens (tertiary/aromatic N) is 1. The second kappa shape index (κ2) is 5.82. The summed E-state index contributed by atoms with van der Waals surface area (Å²) in [6.07, 6.45) is 0.840. The first-order valence-corrected chi connectivity index (χ1v) is 4.30. The van der Waals surface area contributed by atoms with E-state index >= 15 is 0 Å². The fourth-order valence-electron chi connectivity index (χ4n) is 1.44. The number of carbonyl (C=O) groups is 2. The molecule has 2 N–H and O–H groups in total. The van der Waals surface area contributed by atoms with E-state index in [0.717, 1.165) is 13.0 Å². The van der Waals surface area contributed by atoms with E-state index in [1.54, 1.807) is 4.90 Å². The number of hydrogen-bond acceptors (Lipinski definition) is 3. The van der Waals surface area contributed by atoms with Crippen molar-refractivity contribution in [3.63, 3.8) is 0 Å². The minimum atomic E-state index is -0.860. The Labute approximate surface area is 88.9 Å². The van der Waals surface area contributed by atoms with Crippen LogP contribution in [0.1, 0.15) is 13.3 Å². The molecule has 1 fully saturated rings. The minimum Gasteiger partial charge on any atom is -0.480 e. The largest absolute Gasteiger partial charge is 0.480 e. The van der Waals surface area contributed by atoms with E-state index in [1.165, 1.54) is 6.92 Å². The number of carbonyl (C=O) groups excluding carboxylic acids is 1. The normalized spacial score (nSPS) is 20.4. The van der Waals surface area contributed by atoms with E-state index in [0.29, 0.717) is 6.54 Å². The van der Waals surface area contributed by atoms with Gasteiger partial charge in [-0.05, 0) is 6.42 Å². The number of nitrogens with one attached hydrogen (secondary N) is 1. The zero-order valence-corrected chi connectivity index (χ0v) is 8.84. The molecule has 1 aliphatic heterocycles. The van der Waals surface area contributed by atoms with E-state index in [-0.39, 0.29) is 30.9 Å². The van der Waals surface area contributed by atoms with Gasteiger partial charge in [0.1, 0.15) is 0 Å². The van der Waals surface area contributed by atoms with Gasteiger partial charge in [-0.3, -0.25) is 9.59 Å². The molecule has 0 bridgehead atoms. The summed E-state index contributed by atoms with van der Waals surface area (Å²) >= 11 is 0. The van der Waals surface area contributed by atoms with Crippen LogP contribution in [-0.4, -0.2) is 47.6 Å². The van der Waals surface area contributed by atoms with Gasteiger partial charge in [0.05, 0.1) is 6.54 Å². The van der Waals surface area contributed by atoms with E-state index < -0.39 is 5.97 Å². The monoisotopic (exact) mass is 222 g/mol. The van der Waals surface area contributed by atoms with Gasteiger partial charge in [0.15, 0.2) is 0 Å². The van der Waals surface area contributed by atoms with Crippen molar-refractivity contribution in [2.75, 3.05) is 19.6 Å². The van der Waals surface area contributed by atoms with Gasteiger partial charge in [-0.25, -0.2) is 0 Å². The molecule has 0 spiro atoms. The van der Waals surface area contributed by atoms with E-state index in [2.05, 4.69) is 5.32 Å². The number of carboxylic acid groups (broad SMARTS) is 1. The molecule has 6 heteroatoms. The maximum Gasteiger partial charge on any atom is 0.317 e. The van der Waals surface area contributed by atoms with Crippen LogP contribution in [0.2, 0.25) is 0 Å². The first-order chi connectivity index (χ1) is 6.09. The summed E-state index contributed by atoms with van der Waals surface area (Å²) in [4.78, 5) is 22.9. The first-order valence-electron chi connectivity index (χ1n) is 4.30. The molecule has 1 unspecified atom stereocenters. The Morgan fingerprint density at radius 3 is 2.64 bits per heavy atom. The summed E-state index contributed by atoms with van der Waals surface area (Å²) in [5.41, 5.74) is 0. The molecule has 1 heterocycles. The van der Waals surface area contributed by atoms with Crippen LogP contribution >= 0.6 is 12.4 Å². The van der Waals surface area contributed by atoms with Crippen LogP contribution in [0.15, 0.2) is 0 Å². The predicted molar refractivity (Wildman–Crippen MR) is 53.5 cm³/mol. The molecule has 0 aliphatic carbocycles. The third kappa shape index (κ3) is 3.93. The van der Waals surface area contributed by atoms with Gasteiger partial charge in [-0.1, -0.05) is 0 Å². The quantitative estimate of drug-likeness (QED) is 0.688. The topological polar surface area (TPSA) is 69.6 Å². The van der Waals surface area contributed by atoms with E-state index in [9.17, 15) is 9.59 Å². The van der Waals surface area contributed by atoms with Crippen molar-refractivity contribution in [3.8, 4) is 0 Å². The summed E-state index contributed by atoms with van der Waals surface area (Å²) in [7, 11) is 0. The molecule has 0 aromatic carbocycles. The van der Waals surface area contributed by atoms with Crippen molar-refractivity contribution in [3.05, 3.63) is 0 Å². The number of rotatable bonds is 3. The number of likely N-dealkylation sites (tertiary alicyclic amines) is 1. The first kappa shape index (κ1) is 13.2. The maximum atomic E-state index is 10.9. The number of amides is 1. The summed E-state index contributed by atoms with van der Waals surface area (Å²) in [6.45, 7) is 2.85. The second-order valence-electron chi connectivity index (χ2n) is 3.23. The molecule has 14 heavy (non-hydrogen) atoms. The molecule has 82 valence electrons. The Kier molecular flexibility index (Phi) is 5.49. The fourth-order valence-corrected chi connectivity index (χ4v) is 1.44. The number of hydrogen-bond donors (Lipinski definition) is 2. The number of carboxylic acids is 1. The third-order valence-electron chi connectivity index (χ3n) is 2.18. The summed E-state index contributed by atoms with van der Waals surface area (Å²) in [5.74, 6) is -0.805. The lowest BCUT2D eigenvalue weighted by molar-refractivity contribution is -0.136. The molecular formula is C8H15ClN2O3. The van der Waals surface area contributed by atoms with Gasteiger partial charge < -0.3 is 15.3 Å². The molecule has 1 saturated heterocycles. The van der Waals surface area contributed by atoms with Crippen molar-refractivity contribution in [2.45, 2.75) is 19.4 Å². The smallest absolute Gasteiger partial charge is 0.317 e. The zero-order valence-electron chi connectivity index (χ0n) is 8.02. The number of aliphatic carboxylic acids is 1. The second-order valence-corrected chi connectivity index (χ2v) is 3.23. The zero-order chi connectivity index (χ0) is 9.84. The van der Waals surface area contributed by atoms with Gasteiger partial charge >= 0.3 is 5.97 Å². The Balaban J connectivity index is 0.00000169. The fraction of sp³-hybridized carbons (Fsp3) is 0.750. The van der Waals surface area contributed by atoms with E-state index in [1.807, 2.05) is 0 Å². The SMILES string of the molecule is CC(=O)N1CCC(NCC(=O)O)C1.Cl. The Bertz CT molecular complexity index is 223. The Morgan fingerprint density at radius 1 is 1.57 bits per heavy atom. The Morgan fingerprint density at radius 2 is 2.21 bits per heavy atom. The van der Waals surface area contributed by atoms with Crippen molar-refractivity contribution in [1.82, 2.24) is 10.2 Å². The van der Waals surface area contributed by atoms with Crippen LogP contribution in [0.3, 0.4) is 0 Å². The van der Waals surface area contributed by atoms with Crippen LogP contribution in [0.5, 0.6) is 0 Å². The third-order valence-corrected chi connectivity index (χ3v) is 2.18. The summed E-state index contributed by atoms with van der Waals surface area (Å²) < 4.78 is 0. The Hall–Kier alpha value is -0.810. The van der Waals surface area contributed by atoms with Crippen molar-refractivity contribution in [2.24, 2.45) is 0 Å². The molecule has 5 nitrogen and oxygen atoms in total. The average Bonchev–Trinajstić information content (AvgIpc) is 2.48. The number of halogens is 1. The van der Waals surface area contributed by atoms with Crippen LogP contribution in [-0.2, 0) is 9.59 Å². The van der Waals surface area contributed by atoms with Crippen molar-refractivity contribution >= 4 is 24.3 Å². The van der Waals surface area contributed by atoms with Gasteiger partial charge in [0.25, 0.3) is 0 Å². The molecule has 0 aromatic heterocycles. The highest BCUT2D eigenvalue weighted by Gasteiger charge is 2.23. The highest BCUT2D eigenvalue weighted by atomic mass is 35.5. The predicted octanol–water partition coefficient (Wildman–Crippen LogP) is -0.297. The highest BCUT2D eigenvalue weighted by Crippen LogP contribution is 2.08. The molecule has 1 amide bonds. The highest BCUT2D eigenvalue weighted by molar-refractivity contribution is 5.85.